The van der Waals surface area contributed by atoms with Gasteiger partial charge in [-0.15, -0.1) is 0 Å². The summed E-state index contributed by atoms with van der Waals surface area (Å²) in [6, 6.07) is 6.62. The monoisotopic (exact) mass is 567 g/mol. The van der Waals surface area contributed by atoms with E-state index in [1.54, 1.807) is 14.0 Å². The first-order valence-electron chi connectivity index (χ1n) is 15.4. The summed E-state index contributed by atoms with van der Waals surface area (Å²) in [6.45, 7) is 17.9. The molecule has 230 valence electrons. The summed E-state index contributed by atoms with van der Waals surface area (Å²) < 4.78 is 5.62. The second-order valence-corrected chi connectivity index (χ2v) is 10.2. The van der Waals surface area contributed by atoms with Crippen molar-refractivity contribution >= 4 is 17.3 Å². The van der Waals surface area contributed by atoms with Gasteiger partial charge in [0, 0.05) is 37.1 Å². The predicted octanol–water partition coefficient (Wildman–Crippen LogP) is 8.73. The van der Waals surface area contributed by atoms with Gasteiger partial charge in [0.05, 0.1) is 18.9 Å². The number of carbonyl (C=O) groups is 2. The van der Waals surface area contributed by atoms with Crippen LogP contribution in [0.25, 0.3) is 0 Å². The number of benzene rings is 1. The normalized spacial score (nSPS) is 16.2. The molecule has 3 rings (SSSR count). The number of methoxy groups -OCH3 is 1. The molecule has 0 radical (unpaired) electrons. The maximum Gasteiger partial charge on any atom is 0.180 e. The lowest BCUT2D eigenvalue weighted by molar-refractivity contribution is -0.120. The molecular weight excluding hydrogens is 510 g/mol. The van der Waals surface area contributed by atoms with Crippen molar-refractivity contribution in [2.75, 3.05) is 14.2 Å². The first-order valence-corrected chi connectivity index (χ1v) is 15.4. The summed E-state index contributed by atoms with van der Waals surface area (Å²) >= 11 is 0. The number of aryl methyl sites for hydroxylation is 1. The minimum Gasteiger partial charge on any atom is -0.496 e. The summed E-state index contributed by atoms with van der Waals surface area (Å²) in [6.07, 6.45) is 12.8. The highest BCUT2D eigenvalue weighted by atomic mass is 16.5. The van der Waals surface area contributed by atoms with Crippen LogP contribution in [0, 0.1) is 11.3 Å². The number of nitrogens with one attached hydrogen (secondary N) is 2. The van der Waals surface area contributed by atoms with Crippen LogP contribution in [-0.4, -0.2) is 36.4 Å². The van der Waals surface area contributed by atoms with Crippen LogP contribution in [0.15, 0.2) is 53.3 Å². The smallest absolute Gasteiger partial charge is 0.180 e. The number of rotatable bonds is 11. The Morgan fingerprint density at radius 2 is 1.73 bits per heavy atom. The fourth-order valence-corrected chi connectivity index (χ4v) is 4.31. The maximum absolute atomic E-state index is 11.2. The topological polar surface area (TPSA) is 82.5 Å². The number of para-hydroxylation sites is 1. The molecule has 0 amide bonds. The molecule has 0 spiro atoms. The molecule has 1 unspecified atom stereocenters. The molecule has 1 aliphatic heterocycles. The van der Waals surface area contributed by atoms with Crippen molar-refractivity contribution in [3.63, 3.8) is 0 Å². The molecule has 0 aromatic heterocycles. The number of ketones is 2. The van der Waals surface area contributed by atoms with E-state index in [9.17, 15) is 9.59 Å². The van der Waals surface area contributed by atoms with Gasteiger partial charge in [0.2, 0.25) is 0 Å². The average Bonchev–Trinajstić information content (AvgIpc) is 3.77. The highest BCUT2D eigenvalue weighted by Gasteiger charge is 2.27. The van der Waals surface area contributed by atoms with Crippen LogP contribution in [0.3, 0.4) is 0 Å². The standard InChI is InChI=1S/C15H22N2O.C12H19NO.C6H10O.C2H6/c1-5-7-12-8-6-9-13(15(12)18-4)14-10-11(2)17(3)16-14;1-5-7-9(3)8-10(4)12(13)11(14)6-2;1-2-6(7)5-3-4-5;1-2/h6,8-10,14,16H,5,7H2,1-4H3;7-8,13H,5-6H2,1-4H3;5H,2-4H2,1H3;1-2H3/b;9-7+,10-8-,13-12?;;. The van der Waals surface area contributed by atoms with Crippen molar-refractivity contribution in [3.8, 4) is 5.75 Å². The van der Waals surface area contributed by atoms with Gasteiger partial charge in [0.1, 0.15) is 11.5 Å². The maximum atomic E-state index is 11.2. The molecule has 1 heterocycles. The van der Waals surface area contributed by atoms with Crippen LogP contribution in [-0.2, 0) is 16.0 Å². The Kier molecular flexibility index (Phi) is 19.3. The molecule has 1 saturated carbocycles. The van der Waals surface area contributed by atoms with Crippen molar-refractivity contribution in [1.82, 2.24) is 10.4 Å². The van der Waals surface area contributed by atoms with Gasteiger partial charge in [-0.3, -0.25) is 15.0 Å². The third-order valence-electron chi connectivity index (χ3n) is 6.80. The SMILES string of the molecule is CC.CC/C=C(C)/C=C(/C)C(=N)C(=O)CC.CCC(=O)C1CC1.CCCc1cccc(C2C=C(C)N(C)N2)c1OC. The molecular formula is C35H57N3O3. The summed E-state index contributed by atoms with van der Waals surface area (Å²) in [5.74, 6) is 1.87. The van der Waals surface area contributed by atoms with E-state index in [0.29, 0.717) is 18.1 Å². The zero-order chi connectivity index (χ0) is 31.5. The molecule has 41 heavy (non-hydrogen) atoms. The van der Waals surface area contributed by atoms with Crippen molar-refractivity contribution in [2.24, 2.45) is 5.92 Å². The first-order chi connectivity index (χ1) is 19.5. The van der Waals surface area contributed by atoms with Crippen molar-refractivity contribution in [3.05, 3.63) is 64.4 Å². The summed E-state index contributed by atoms with van der Waals surface area (Å²) in [4.78, 5) is 21.8. The van der Waals surface area contributed by atoms with Crippen LogP contribution >= 0.6 is 0 Å². The highest BCUT2D eigenvalue weighted by Crippen LogP contribution is 2.33. The molecule has 6 heteroatoms. The number of hydrazine groups is 1. The molecule has 1 aromatic carbocycles. The number of allylic oxidation sites excluding steroid dienone is 5. The second kappa shape index (κ2) is 20.8. The Bertz CT molecular complexity index is 1060. The molecule has 6 nitrogen and oxygen atoms in total. The molecule has 0 saturated heterocycles. The Balaban J connectivity index is 0.000000616. The molecule has 1 fully saturated rings. The zero-order valence-electron chi connectivity index (χ0n) is 27.7. The van der Waals surface area contributed by atoms with E-state index in [2.05, 4.69) is 61.6 Å². The van der Waals surface area contributed by atoms with E-state index in [1.807, 2.05) is 47.7 Å². The van der Waals surface area contributed by atoms with Crippen molar-refractivity contribution < 1.29 is 14.3 Å². The quantitative estimate of drug-likeness (QED) is 0.206. The number of Topliss-reactive ketones (excluding diaryl/α,β-unsaturated/α-hetero) is 2. The van der Waals surface area contributed by atoms with Crippen molar-refractivity contribution in [1.29, 1.82) is 5.41 Å². The van der Waals surface area contributed by atoms with Crippen LogP contribution in [0.2, 0.25) is 0 Å². The van der Waals surface area contributed by atoms with Gasteiger partial charge >= 0.3 is 0 Å². The van der Waals surface area contributed by atoms with Crippen molar-refractivity contribution in [2.45, 2.75) is 113 Å². The predicted molar refractivity (Wildman–Crippen MR) is 175 cm³/mol. The van der Waals surface area contributed by atoms with E-state index in [-0.39, 0.29) is 17.5 Å². The fraction of sp³-hybridized carbons (Fsp3) is 0.571. The number of carbonyl (C=O) groups excluding carboxylic acids is 2. The molecule has 1 atom stereocenters. The molecule has 2 N–H and O–H groups in total. The van der Waals surface area contributed by atoms with Gasteiger partial charge in [-0.05, 0) is 63.7 Å². The van der Waals surface area contributed by atoms with E-state index in [4.69, 9.17) is 10.1 Å². The molecule has 1 aliphatic carbocycles. The van der Waals surface area contributed by atoms with E-state index in [0.717, 1.165) is 55.4 Å². The highest BCUT2D eigenvalue weighted by molar-refractivity contribution is 6.44. The van der Waals surface area contributed by atoms with Gasteiger partial charge in [-0.1, -0.05) is 83.9 Å². The van der Waals surface area contributed by atoms with Crippen LogP contribution in [0.5, 0.6) is 5.75 Å². The molecule has 1 aromatic rings. The number of hydrogen-bond donors (Lipinski definition) is 2. The lowest BCUT2D eigenvalue weighted by Gasteiger charge is -2.20. The minimum atomic E-state index is -0.0944. The Hall–Kier alpha value is -2.99. The number of ether oxygens (including phenoxy) is 1. The number of hydrogen-bond acceptors (Lipinski definition) is 6. The lowest BCUT2D eigenvalue weighted by Crippen LogP contribution is -2.29. The number of nitrogens with zero attached hydrogens (tertiary/aromatic N) is 1. The van der Waals surface area contributed by atoms with E-state index >= 15 is 0 Å². The minimum absolute atomic E-state index is 0.0944. The van der Waals surface area contributed by atoms with E-state index < -0.39 is 0 Å². The Morgan fingerprint density at radius 1 is 1.10 bits per heavy atom. The van der Waals surface area contributed by atoms with Gasteiger partial charge in [-0.2, -0.15) is 0 Å². The van der Waals surface area contributed by atoms with Gasteiger partial charge in [-0.25, -0.2) is 5.43 Å². The first kappa shape index (κ1) is 38.0. The molecule has 2 aliphatic rings. The largest absolute Gasteiger partial charge is 0.496 e. The average molecular weight is 568 g/mol. The van der Waals surface area contributed by atoms with Crippen LogP contribution in [0.4, 0.5) is 0 Å². The summed E-state index contributed by atoms with van der Waals surface area (Å²) in [5.41, 5.74) is 9.16. The van der Waals surface area contributed by atoms with Gasteiger partial charge in [0.25, 0.3) is 0 Å². The Labute approximate surface area is 250 Å². The summed E-state index contributed by atoms with van der Waals surface area (Å²) in [7, 11) is 3.79. The van der Waals surface area contributed by atoms with Crippen LogP contribution < -0.4 is 10.2 Å². The summed E-state index contributed by atoms with van der Waals surface area (Å²) in [5, 5.41) is 9.63. The fourth-order valence-electron chi connectivity index (χ4n) is 4.31. The van der Waals surface area contributed by atoms with Crippen LogP contribution in [0.1, 0.15) is 118 Å². The zero-order valence-corrected chi connectivity index (χ0v) is 27.7. The molecule has 0 bridgehead atoms. The third-order valence-corrected chi connectivity index (χ3v) is 6.80. The van der Waals surface area contributed by atoms with E-state index in [1.165, 1.54) is 16.8 Å². The lowest BCUT2D eigenvalue weighted by atomic mass is 10.00. The second-order valence-electron chi connectivity index (χ2n) is 10.2. The Morgan fingerprint density at radius 3 is 2.15 bits per heavy atom. The third kappa shape index (κ3) is 13.5. The van der Waals surface area contributed by atoms with Gasteiger partial charge < -0.3 is 9.75 Å². The van der Waals surface area contributed by atoms with Gasteiger partial charge in [0.15, 0.2) is 5.78 Å².